The van der Waals surface area contributed by atoms with E-state index in [9.17, 15) is 4.79 Å². The minimum atomic E-state index is -0.254. The Balaban J connectivity index is 2.23. The maximum absolute atomic E-state index is 11.5. The molecule has 1 aliphatic heterocycles. The van der Waals surface area contributed by atoms with Crippen LogP contribution in [-0.2, 0) is 9.53 Å². The number of aromatic nitrogens is 2. The van der Waals surface area contributed by atoms with Crippen molar-refractivity contribution in [1.29, 1.82) is 0 Å². The Labute approximate surface area is 98.4 Å². The minimum Gasteiger partial charge on any atom is -0.467 e. The van der Waals surface area contributed by atoms with Crippen molar-refractivity contribution >= 4 is 23.4 Å². The van der Waals surface area contributed by atoms with Gasteiger partial charge in [0.25, 0.3) is 0 Å². The summed E-state index contributed by atoms with van der Waals surface area (Å²) in [6, 6.07) is 1.49. The average molecular weight is 242 g/mol. The summed E-state index contributed by atoms with van der Waals surface area (Å²) in [6.07, 6.45) is 3.31. The highest BCUT2D eigenvalue weighted by Crippen LogP contribution is 2.24. The zero-order chi connectivity index (χ0) is 11.5. The third-order valence-electron chi connectivity index (χ3n) is 2.63. The number of nitrogens with zero attached hydrogens (tertiary/aromatic N) is 3. The first-order chi connectivity index (χ1) is 7.72. The Morgan fingerprint density at radius 1 is 1.69 bits per heavy atom. The molecule has 1 saturated heterocycles. The summed E-state index contributed by atoms with van der Waals surface area (Å²) < 4.78 is 4.76. The molecule has 6 heteroatoms. The molecule has 5 nitrogen and oxygen atoms in total. The fraction of sp³-hybridized carbons (Fsp3) is 0.500. The van der Waals surface area contributed by atoms with Crippen molar-refractivity contribution < 1.29 is 9.53 Å². The third kappa shape index (κ3) is 2.09. The van der Waals surface area contributed by atoms with Crippen LogP contribution in [0.25, 0.3) is 0 Å². The molecule has 1 atom stereocenters. The van der Waals surface area contributed by atoms with Crippen molar-refractivity contribution in [2.45, 2.75) is 18.9 Å². The molecule has 0 aliphatic carbocycles. The van der Waals surface area contributed by atoms with Crippen molar-refractivity contribution in [2.24, 2.45) is 0 Å². The number of rotatable bonds is 2. The molecule has 0 radical (unpaired) electrons. The Bertz CT molecular complexity index is 399. The normalized spacial score (nSPS) is 19.9. The maximum Gasteiger partial charge on any atom is 0.328 e. The van der Waals surface area contributed by atoms with E-state index in [-0.39, 0.29) is 17.3 Å². The summed E-state index contributed by atoms with van der Waals surface area (Å²) in [5.41, 5.74) is 0. The number of halogens is 1. The second kappa shape index (κ2) is 4.65. The van der Waals surface area contributed by atoms with Crippen molar-refractivity contribution in [1.82, 2.24) is 9.97 Å². The van der Waals surface area contributed by atoms with Crippen LogP contribution in [0.2, 0.25) is 5.28 Å². The van der Waals surface area contributed by atoms with Crippen LogP contribution in [0.1, 0.15) is 12.8 Å². The molecule has 16 heavy (non-hydrogen) atoms. The van der Waals surface area contributed by atoms with Crippen LogP contribution < -0.4 is 4.90 Å². The molecule has 0 spiro atoms. The summed E-state index contributed by atoms with van der Waals surface area (Å²) >= 11 is 5.72. The van der Waals surface area contributed by atoms with Crippen molar-refractivity contribution in [3.05, 3.63) is 17.5 Å². The molecule has 1 aromatic heterocycles. The summed E-state index contributed by atoms with van der Waals surface area (Å²) in [7, 11) is 1.39. The molecular formula is C10H12ClN3O2. The second-order valence-corrected chi connectivity index (χ2v) is 3.90. The lowest BCUT2D eigenvalue weighted by Crippen LogP contribution is -2.37. The zero-order valence-electron chi connectivity index (χ0n) is 8.89. The number of carbonyl (C=O) groups is 1. The Hall–Kier alpha value is -1.36. The molecule has 0 saturated carbocycles. The lowest BCUT2D eigenvalue weighted by Gasteiger charge is -2.23. The standard InChI is InChI=1S/C10H12ClN3O2/c1-16-9(15)7-3-2-6-14(7)8-4-5-12-10(11)13-8/h4-5,7H,2-3,6H2,1H3/t7-/m1/s1. The fourth-order valence-corrected chi connectivity index (χ4v) is 2.05. The molecular weight excluding hydrogens is 230 g/mol. The van der Waals surface area contributed by atoms with E-state index in [0.29, 0.717) is 5.82 Å². The maximum atomic E-state index is 11.5. The van der Waals surface area contributed by atoms with E-state index in [1.165, 1.54) is 7.11 Å². The SMILES string of the molecule is COC(=O)[C@H]1CCCN1c1ccnc(Cl)n1. The Morgan fingerprint density at radius 2 is 2.50 bits per heavy atom. The van der Waals surface area contributed by atoms with Crippen molar-refractivity contribution in [3.8, 4) is 0 Å². The fourth-order valence-electron chi connectivity index (χ4n) is 1.91. The molecule has 0 unspecified atom stereocenters. The van der Waals surface area contributed by atoms with E-state index in [0.717, 1.165) is 19.4 Å². The zero-order valence-corrected chi connectivity index (χ0v) is 9.65. The molecule has 1 aromatic rings. The molecule has 2 heterocycles. The van der Waals surface area contributed by atoms with Gasteiger partial charge in [-0.1, -0.05) is 0 Å². The third-order valence-corrected chi connectivity index (χ3v) is 2.81. The number of esters is 1. The lowest BCUT2D eigenvalue weighted by atomic mass is 10.2. The summed E-state index contributed by atoms with van der Waals surface area (Å²) in [4.78, 5) is 21.4. The van der Waals surface area contributed by atoms with Gasteiger partial charge >= 0.3 is 5.97 Å². The molecule has 0 amide bonds. The number of ether oxygens (including phenoxy) is 1. The monoisotopic (exact) mass is 241 g/mol. The van der Waals surface area contributed by atoms with E-state index < -0.39 is 0 Å². The molecule has 0 bridgehead atoms. The van der Waals surface area contributed by atoms with Gasteiger partial charge in [0.2, 0.25) is 5.28 Å². The first-order valence-electron chi connectivity index (χ1n) is 5.05. The van der Waals surface area contributed by atoms with Gasteiger partial charge in [-0.05, 0) is 30.5 Å². The molecule has 2 rings (SSSR count). The summed E-state index contributed by atoms with van der Waals surface area (Å²) in [5.74, 6) is 0.445. The van der Waals surface area contributed by atoms with Crippen LogP contribution >= 0.6 is 11.6 Å². The second-order valence-electron chi connectivity index (χ2n) is 3.56. The van der Waals surface area contributed by atoms with E-state index >= 15 is 0 Å². The van der Waals surface area contributed by atoms with Crippen molar-refractivity contribution in [3.63, 3.8) is 0 Å². The predicted molar refractivity (Wildman–Crippen MR) is 59.4 cm³/mol. The van der Waals surface area contributed by atoms with E-state index in [1.807, 2.05) is 4.90 Å². The van der Waals surface area contributed by atoms with E-state index in [2.05, 4.69) is 9.97 Å². The van der Waals surface area contributed by atoms with Crippen LogP contribution in [0.4, 0.5) is 5.82 Å². The Morgan fingerprint density at radius 3 is 3.19 bits per heavy atom. The lowest BCUT2D eigenvalue weighted by molar-refractivity contribution is -0.141. The van der Waals surface area contributed by atoms with Gasteiger partial charge in [-0.2, -0.15) is 0 Å². The van der Waals surface area contributed by atoms with Crippen LogP contribution in [0.15, 0.2) is 12.3 Å². The highest BCUT2D eigenvalue weighted by Gasteiger charge is 2.32. The van der Waals surface area contributed by atoms with Gasteiger partial charge in [0.05, 0.1) is 7.11 Å². The minimum absolute atomic E-state index is 0.188. The molecule has 0 N–H and O–H groups in total. The number of methoxy groups -OCH3 is 1. The van der Waals surface area contributed by atoms with Crippen molar-refractivity contribution in [2.75, 3.05) is 18.6 Å². The largest absolute Gasteiger partial charge is 0.467 e. The van der Waals surface area contributed by atoms with E-state index in [1.54, 1.807) is 12.3 Å². The van der Waals surface area contributed by atoms with Crippen LogP contribution in [0, 0.1) is 0 Å². The molecule has 0 aromatic carbocycles. The van der Waals surface area contributed by atoms with Gasteiger partial charge in [-0.15, -0.1) is 0 Å². The number of carbonyl (C=O) groups excluding carboxylic acids is 1. The highest BCUT2D eigenvalue weighted by atomic mass is 35.5. The smallest absolute Gasteiger partial charge is 0.328 e. The number of hydrogen-bond donors (Lipinski definition) is 0. The van der Waals surface area contributed by atoms with Gasteiger partial charge in [0.1, 0.15) is 11.9 Å². The van der Waals surface area contributed by atoms with Gasteiger partial charge in [0, 0.05) is 12.7 Å². The van der Waals surface area contributed by atoms with Gasteiger partial charge in [-0.3, -0.25) is 0 Å². The number of anilines is 1. The quantitative estimate of drug-likeness (QED) is 0.577. The molecule has 1 fully saturated rings. The first-order valence-corrected chi connectivity index (χ1v) is 5.43. The molecule has 1 aliphatic rings. The topological polar surface area (TPSA) is 55.3 Å². The van der Waals surface area contributed by atoms with Gasteiger partial charge < -0.3 is 9.64 Å². The van der Waals surface area contributed by atoms with Gasteiger partial charge in [-0.25, -0.2) is 14.8 Å². The Kier molecular flexibility index (Phi) is 3.24. The summed E-state index contributed by atoms with van der Waals surface area (Å²) in [6.45, 7) is 0.785. The average Bonchev–Trinajstić information content (AvgIpc) is 2.77. The highest BCUT2D eigenvalue weighted by molar-refractivity contribution is 6.28. The number of hydrogen-bond acceptors (Lipinski definition) is 5. The summed E-state index contributed by atoms with van der Waals surface area (Å²) in [5, 5.41) is 0.188. The van der Waals surface area contributed by atoms with Crippen LogP contribution in [0.5, 0.6) is 0 Å². The van der Waals surface area contributed by atoms with Gasteiger partial charge in [0.15, 0.2) is 0 Å². The molecule has 86 valence electrons. The van der Waals surface area contributed by atoms with E-state index in [4.69, 9.17) is 16.3 Å². The van der Waals surface area contributed by atoms with Crippen LogP contribution in [-0.4, -0.2) is 35.6 Å². The first kappa shape index (κ1) is 11.1. The predicted octanol–water partition coefficient (Wildman–Crippen LogP) is 1.27. The van der Waals surface area contributed by atoms with Crippen LogP contribution in [0.3, 0.4) is 0 Å².